The van der Waals surface area contributed by atoms with Crippen molar-refractivity contribution in [2.75, 3.05) is 12.9 Å². The molecule has 8 heteroatoms. The van der Waals surface area contributed by atoms with Crippen LogP contribution in [0.15, 0.2) is 11.2 Å². The van der Waals surface area contributed by atoms with Gasteiger partial charge in [-0.2, -0.15) is 0 Å². The monoisotopic (exact) mass is 350 g/mol. The van der Waals surface area contributed by atoms with Crippen LogP contribution in [-0.4, -0.2) is 43.9 Å². The summed E-state index contributed by atoms with van der Waals surface area (Å²) in [5.41, 5.74) is 2.51. The minimum absolute atomic E-state index is 0.0399. The highest BCUT2D eigenvalue weighted by molar-refractivity contribution is 7.99. The molecule has 0 bridgehead atoms. The Morgan fingerprint density at radius 3 is 2.54 bits per heavy atom. The fourth-order valence-electron chi connectivity index (χ4n) is 2.45. The maximum Gasteiger partial charge on any atom is 0.307 e. The number of hydrogen-bond acceptors (Lipinski definition) is 6. The molecule has 0 saturated carbocycles. The first-order chi connectivity index (χ1) is 11.3. The van der Waals surface area contributed by atoms with Crippen molar-refractivity contribution in [1.29, 1.82) is 0 Å². The third-order valence-electron chi connectivity index (χ3n) is 4.03. The van der Waals surface area contributed by atoms with Crippen molar-refractivity contribution in [3.63, 3.8) is 0 Å². The summed E-state index contributed by atoms with van der Waals surface area (Å²) in [4.78, 5) is 23.9. The van der Waals surface area contributed by atoms with E-state index in [1.54, 1.807) is 0 Å². The van der Waals surface area contributed by atoms with Crippen LogP contribution in [0.2, 0.25) is 0 Å². The largest absolute Gasteiger partial charge is 0.469 e. The fraction of sp³-hybridized carbons (Fsp3) is 0.500. The Hall–Kier alpha value is -2.09. The van der Waals surface area contributed by atoms with Gasteiger partial charge in [0.2, 0.25) is 0 Å². The Morgan fingerprint density at radius 1 is 1.25 bits per heavy atom. The van der Waals surface area contributed by atoms with Gasteiger partial charge in [-0.15, -0.1) is 10.2 Å². The summed E-state index contributed by atoms with van der Waals surface area (Å²) in [5.74, 6) is 0.889. The molecule has 7 nitrogen and oxygen atoms in total. The predicted molar refractivity (Wildman–Crippen MR) is 91.3 cm³/mol. The summed E-state index contributed by atoms with van der Waals surface area (Å²) in [6, 6.07) is 1.87. The number of carbonyl (C=O) groups excluding carboxylic acids is 2. The molecular formula is C16H22N4O3S. The number of esters is 1. The minimum atomic E-state index is -0.261. The second-order valence-electron chi connectivity index (χ2n) is 5.56. The number of ether oxygens (including phenoxy) is 1. The molecule has 0 unspecified atom stereocenters. The van der Waals surface area contributed by atoms with E-state index in [9.17, 15) is 9.59 Å². The third-order valence-corrected chi connectivity index (χ3v) is 5.05. The van der Waals surface area contributed by atoms with Crippen molar-refractivity contribution < 1.29 is 14.3 Å². The number of ketones is 1. The van der Waals surface area contributed by atoms with E-state index in [1.165, 1.54) is 18.9 Å². The number of carbonyl (C=O) groups is 2. The van der Waals surface area contributed by atoms with Crippen molar-refractivity contribution in [1.82, 2.24) is 19.3 Å². The van der Waals surface area contributed by atoms with E-state index < -0.39 is 0 Å². The van der Waals surface area contributed by atoms with Crippen molar-refractivity contribution in [2.24, 2.45) is 7.05 Å². The average Bonchev–Trinajstić information content (AvgIpc) is 3.03. The van der Waals surface area contributed by atoms with E-state index in [4.69, 9.17) is 0 Å². The molecule has 2 heterocycles. The van der Waals surface area contributed by atoms with Crippen LogP contribution in [0.4, 0.5) is 0 Å². The molecule has 0 amide bonds. The zero-order valence-electron chi connectivity index (χ0n) is 14.6. The number of Topliss-reactive ketones (excluding diaryl/α,β-unsaturated/α-hetero) is 1. The van der Waals surface area contributed by atoms with Gasteiger partial charge in [0.25, 0.3) is 0 Å². The number of aromatic nitrogens is 4. The van der Waals surface area contributed by atoms with Gasteiger partial charge in [-0.3, -0.25) is 9.59 Å². The molecule has 0 aliphatic heterocycles. The summed E-state index contributed by atoms with van der Waals surface area (Å²) in [6.45, 7) is 6.20. The van der Waals surface area contributed by atoms with E-state index in [0.29, 0.717) is 17.9 Å². The van der Waals surface area contributed by atoms with E-state index in [0.717, 1.165) is 22.4 Å². The first kappa shape index (κ1) is 18.3. The molecule has 2 rings (SSSR count). The molecule has 0 fully saturated rings. The molecule has 0 radical (unpaired) electrons. The number of nitrogens with zero attached hydrogens (tertiary/aromatic N) is 4. The van der Waals surface area contributed by atoms with Crippen LogP contribution in [-0.2, 0) is 23.1 Å². The molecule has 0 saturated heterocycles. The van der Waals surface area contributed by atoms with Crippen LogP contribution in [0.3, 0.4) is 0 Å². The van der Waals surface area contributed by atoms with Crippen LogP contribution >= 0.6 is 11.8 Å². The zero-order chi connectivity index (χ0) is 17.9. The SMILES string of the molecule is COC(=O)CCn1c(C)cc(C(=O)CSc2nnc(C)n2C)c1C. The predicted octanol–water partition coefficient (Wildman–Crippen LogP) is 2.08. The van der Waals surface area contributed by atoms with Gasteiger partial charge in [-0.05, 0) is 26.8 Å². The highest BCUT2D eigenvalue weighted by Gasteiger charge is 2.17. The van der Waals surface area contributed by atoms with Gasteiger partial charge in [0.15, 0.2) is 10.9 Å². The normalized spacial score (nSPS) is 10.9. The van der Waals surface area contributed by atoms with Gasteiger partial charge in [0.1, 0.15) is 5.82 Å². The maximum atomic E-state index is 12.5. The van der Waals surface area contributed by atoms with Crippen LogP contribution in [0.25, 0.3) is 0 Å². The number of methoxy groups -OCH3 is 1. The summed E-state index contributed by atoms with van der Waals surface area (Å²) in [5, 5.41) is 8.76. The molecule has 2 aromatic rings. The number of aryl methyl sites for hydroxylation is 2. The smallest absolute Gasteiger partial charge is 0.307 e. The van der Waals surface area contributed by atoms with Gasteiger partial charge < -0.3 is 13.9 Å². The van der Waals surface area contributed by atoms with Gasteiger partial charge >= 0.3 is 5.97 Å². The molecule has 0 aliphatic carbocycles. The van der Waals surface area contributed by atoms with Crippen LogP contribution in [0, 0.1) is 20.8 Å². The zero-order valence-corrected chi connectivity index (χ0v) is 15.4. The quantitative estimate of drug-likeness (QED) is 0.432. The third kappa shape index (κ3) is 3.87. The highest BCUT2D eigenvalue weighted by atomic mass is 32.2. The van der Waals surface area contributed by atoms with Gasteiger partial charge in [-0.1, -0.05) is 11.8 Å². The average molecular weight is 350 g/mol. The lowest BCUT2D eigenvalue weighted by Gasteiger charge is -2.08. The fourth-order valence-corrected chi connectivity index (χ4v) is 3.29. The van der Waals surface area contributed by atoms with Crippen LogP contribution in [0.1, 0.15) is 34.0 Å². The van der Waals surface area contributed by atoms with E-state index >= 15 is 0 Å². The lowest BCUT2D eigenvalue weighted by molar-refractivity contribution is -0.140. The second-order valence-corrected chi connectivity index (χ2v) is 6.51. The van der Waals surface area contributed by atoms with Crippen molar-refractivity contribution >= 4 is 23.5 Å². The van der Waals surface area contributed by atoms with Gasteiger partial charge in [-0.25, -0.2) is 0 Å². The first-order valence-electron chi connectivity index (χ1n) is 7.60. The summed E-state index contributed by atoms with van der Waals surface area (Å²) in [7, 11) is 3.25. The van der Waals surface area contributed by atoms with E-state index in [2.05, 4.69) is 14.9 Å². The second kappa shape index (κ2) is 7.65. The molecule has 24 heavy (non-hydrogen) atoms. The molecule has 0 aromatic carbocycles. The summed E-state index contributed by atoms with van der Waals surface area (Å²) in [6.07, 6.45) is 0.285. The Labute approximate surface area is 145 Å². The molecule has 0 N–H and O–H groups in total. The Morgan fingerprint density at radius 2 is 1.96 bits per heavy atom. The Bertz CT molecular complexity index is 764. The standard InChI is InChI=1S/C16H22N4O3S/c1-10-8-13(11(2)20(10)7-6-15(22)23-5)14(21)9-24-16-18-17-12(3)19(16)4/h8H,6-7,9H2,1-5H3. The van der Waals surface area contributed by atoms with E-state index in [-0.39, 0.29) is 18.2 Å². The number of thioether (sulfide) groups is 1. The molecule has 0 aliphatic rings. The minimum Gasteiger partial charge on any atom is -0.469 e. The maximum absolute atomic E-state index is 12.5. The Balaban J connectivity index is 2.07. The Kier molecular flexibility index (Phi) is 5.82. The lowest BCUT2D eigenvalue weighted by atomic mass is 10.2. The molecular weight excluding hydrogens is 328 g/mol. The molecule has 0 atom stereocenters. The van der Waals surface area contributed by atoms with E-state index in [1.807, 2.05) is 43.0 Å². The molecule has 2 aromatic heterocycles. The van der Waals surface area contributed by atoms with Gasteiger partial charge in [0, 0.05) is 30.5 Å². The van der Waals surface area contributed by atoms with Crippen molar-refractivity contribution in [3.8, 4) is 0 Å². The molecule has 0 spiro atoms. The lowest BCUT2D eigenvalue weighted by Crippen LogP contribution is -2.11. The van der Waals surface area contributed by atoms with Crippen molar-refractivity contribution in [2.45, 2.75) is 38.9 Å². The number of rotatable bonds is 7. The van der Waals surface area contributed by atoms with Crippen molar-refractivity contribution in [3.05, 3.63) is 28.8 Å². The topological polar surface area (TPSA) is 79.0 Å². The number of hydrogen-bond donors (Lipinski definition) is 0. The van der Waals surface area contributed by atoms with Gasteiger partial charge in [0.05, 0.1) is 19.3 Å². The summed E-state index contributed by atoms with van der Waals surface area (Å²) < 4.78 is 8.50. The van der Waals surface area contributed by atoms with Crippen LogP contribution in [0.5, 0.6) is 0 Å². The first-order valence-corrected chi connectivity index (χ1v) is 8.59. The highest BCUT2D eigenvalue weighted by Crippen LogP contribution is 2.21. The summed E-state index contributed by atoms with van der Waals surface area (Å²) >= 11 is 1.37. The molecule has 130 valence electrons. The van der Waals surface area contributed by atoms with Crippen LogP contribution < -0.4 is 0 Å².